The van der Waals surface area contributed by atoms with Gasteiger partial charge in [0.05, 0.1) is 6.54 Å². The van der Waals surface area contributed by atoms with Crippen LogP contribution in [-0.2, 0) is 11.3 Å². The summed E-state index contributed by atoms with van der Waals surface area (Å²) in [5, 5.41) is 6.09. The lowest BCUT2D eigenvalue weighted by molar-refractivity contribution is -0.122. The van der Waals surface area contributed by atoms with Crippen molar-refractivity contribution < 1.29 is 4.79 Å². The third-order valence-electron chi connectivity index (χ3n) is 4.00. The van der Waals surface area contributed by atoms with Gasteiger partial charge in [-0.3, -0.25) is 9.69 Å². The normalized spacial score (nSPS) is 15.6. The van der Waals surface area contributed by atoms with Gasteiger partial charge < -0.3 is 10.2 Å². The minimum Gasteiger partial charge on any atom is -0.351 e. The van der Waals surface area contributed by atoms with Gasteiger partial charge in [-0.25, -0.2) is 4.98 Å². The molecule has 1 aliphatic heterocycles. The number of aromatic nitrogens is 1. The number of benzene rings is 1. The zero-order valence-corrected chi connectivity index (χ0v) is 14.2. The summed E-state index contributed by atoms with van der Waals surface area (Å²) in [6.07, 6.45) is 1.84. The molecule has 1 fully saturated rings. The van der Waals surface area contributed by atoms with E-state index < -0.39 is 0 Å². The first-order chi connectivity index (χ1) is 11.2. The SMILES string of the molecule is Cc1cccc(CNC(=O)CN2CCN(c3nccs3)CC2)c1. The van der Waals surface area contributed by atoms with Gasteiger partial charge in [0.25, 0.3) is 0 Å². The molecule has 0 spiro atoms. The Hall–Kier alpha value is -1.92. The van der Waals surface area contributed by atoms with Crippen molar-refractivity contribution >= 4 is 22.4 Å². The second kappa shape index (κ2) is 7.57. The number of thiazole rings is 1. The van der Waals surface area contributed by atoms with Crippen LogP contribution in [-0.4, -0.2) is 48.5 Å². The molecule has 1 saturated heterocycles. The Bertz CT molecular complexity index is 636. The maximum Gasteiger partial charge on any atom is 0.234 e. The second-order valence-corrected chi connectivity index (χ2v) is 6.72. The molecule has 0 atom stereocenters. The van der Waals surface area contributed by atoms with Crippen LogP contribution >= 0.6 is 11.3 Å². The molecule has 2 aromatic rings. The first-order valence-electron chi connectivity index (χ1n) is 7.90. The van der Waals surface area contributed by atoms with Gasteiger partial charge >= 0.3 is 0 Å². The number of amides is 1. The molecule has 0 bridgehead atoms. The second-order valence-electron chi connectivity index (χ2n) is 5.84. The van der Waals surface area contributed by atoms with E-state index >= 15 is 0 Å². The number of anilines is 1. The van der Waals surface area contributed by atoms with E-state index in [4.69, 9.17) is 0 Å². The highest BCUT2D eigenvalue weighted by Gasteiger charge is 2.20. The first kappa shape index (κ1) is 16.0. The smallest absolute Gasteiger partial charge is 0.234 e. The molecule has 5 nitrogen and oxygen atoms in total. The highest BCUT2D eigenvalue weighted by atomic mass is 32.1. The molecular formula is C17H22N4OS. The van der Waals surface area contributed by atoms with Gasteiger partial charge in [0.2, 0.25) is 5.91 Å². The molecule has 0 radical (unpaired) electrons. The molecule has 6 heteroatoms. The lowest BCUT2D eigenvalue weighted by Crippen LogP contribution is -2.49. The lowest BCUT2D eigenvalue weighted by Gasteiger charge is -2.34. The quantitative estimate of drug-likeness (QED) is 0.909. The third-order valence-corrected chi connectivity index (χ3v) is 4.83. The van der Waals surface area contributed by atoms with Gasteiger partial charge in [-0.15, -0.1) is 11.3 Å². The maximum absolute atomic E-state index is 12.1. The van der Waals surface area contributed by atoms with Gasteiger partial charge in [-0.1, -0.05) is 29.8 Å². The summed E-state index contributed by atoms with van der Waals surface area (Å²) in [7, 11) is 0. The van der Waals surface area contributed by atoms with E-state index in [1.807, 2.05) is 23.7 Å². The molecule has 1 aliphatic rings. The van der Waals surface area contributed by atoms with Crippen molar-refractivity contribution in [3.8, 4) is 0 Å². The van der Waals surface area contributed by atoms with E-state index in [9.17, 15) is 4.79 Å². The molecule has 0 aliphatic carbocycles. The fraction of sp³-hybridized carbons (Fsp3) is 0.412. The number of piperazine rings is 1. The minimum atomic E-state index is 0.0919. The number of carbonyl (C=O) groups excluding carboxylic acids is 1. The highest BCUT2D eigenvalue weighted by molar-refractivity contribution is 7.13. The van der Waals surface area contributed by atoms with Gasteiger partial charge in [0.15, 0.2) is 5.13 Å². The fourth-order valence-corrected chi connectivity index (χ4v) is 3.45. The van der Waals surface area contributed by atoms with Gasteiger partial charge in [0.1, 0.15) is 0 Å². The van der Waals surface area contributed by atoms with E-state index in [-0.39, 0.29) is 5.91 Å². The van der Waals surface area contributed by atoms with Crippen molar-refractivity contribution in [1.82, 2.24) is 15.2 Å². The maximum atomic E-state index is 12.1. The largest absolute Gasteiger partial charge is 0.351 e. The Morgan fingerprint density at radius 2 is 2.13 bits per heavy atom. The number of hydrogen-bond donors (Lipinski definition) is 1. The molecule has 2 heterocycles. The minimum absolute atomic E-state index is 0.0919. The third kappa shape index (κ3) is 4.53. The van der Waals surface area contributed by atoms with E-state index in [0.717, 1.165) is 36.9 Å². The van der Waals surface area contributed by atoms with Crippen molar-refractivity contribution in [2.75, 3.05) is 37.6 Å². The van der Waals surface area contributed by atoms with Crippen LogP contribution in [0.15, 0.2) is 35.8 Å². The number of aryl methyl sites for hydroxylation is 1. The molecule has 0 saturated carbocycles. The van der Waals surface area contributed by atoms with Crippen LogP contribution in [0.1, 0.15) is 11.1 Å². The zero-order valence-electron chi connectivity index (χ0n) is 13.4. The van der Waals surface area contributed by atoms with E-state index in [0.29, 0.717) is 13.1 Å². The van der Waals surface area contributed by atoms with Crippen molar-refractivity contribution in [2.45, 2.75) is 13.5 Å². The van der Waals surface area contributed by atoms with Gasteiger partial charge in [0, 0.05) is 44.3 Å². The van der Waals surface area contributed by atoms with E-state index in [2.05, 4.69) is 39.2 Å². The average Bonchev–Trinajstić information content (AvgIpc) is 3.08. The summed E-state index contributed by atoms with van der Waals surface area (Å²) in [6.45, 7) is 6.79. The zero-order chi connectivity index (χ0) is 16.1. The Labute approximate surface area is 140 Å². The lowest BCUT2D eigenvalue weighted by atomic mass is 10.1. The van der Waals surface area contributed by atoms with Crippen molar-refractivity contribution in [3.63, 3.8) is 0 Å². The predicted molar refractivity (Wildman–Crippen MR) is 93.8 cm³/mol. The Kier molecular flexibility index (Phi) is 5.25. The predicted octanol–water partition coefficient (Wildman–Crippen LogP) is 1.89. The number of carbonyl (C=O) groups is 1. The standard InChI is InChI=1S/C17H22N4OS/c1-14-3-2-4-15(11-14)12-19-16(22)13-20-6-8-21(9-7-20)17-18-5-10-23-17/h2-5,10-11H,6-9,12-13H2,1H3,(H,19,22). The van der Waals surface area contributed by atoms with E-state index in [1.165, 1.54) is 5.56 Å². The van der Waals surface area contributed by atoms with Crippen LogP contribution in [0.3, 0.4) is 0 Å². The van der Waals surface area contributed by atoms with Gasteiger partial charge in [-0.2, -0.15) is 0 Å². The van der Waals surface area contributed by atoms with Crippen LogP contribution in [0.5, 0.6) is 0 Å². The molecule has 1 amide bonds. The first-order valence-corrected chi connectivity index (χ1v) is 8.78. The van der Waals surface area contributed by atoms with Crippen LogP contribution in [0.25, 0.3) is 0 Å². The molecule has 1 aromatic heterocycles. The van der Waals surface area contributed by atoms with Crippen LogP contribution in [0.4, 0.5) is 5.13 Å². The molecule has 1 N–H and O–H groups in total. The van der Waals surface area contributed by atoms with Crippen LogP contribution in [0, 0.1) is 6.92 Å². The van der Waals surface area contributed by atoms with E-state index in [1.54, 1.807) is 11.3 Å². The summed E-state index contributed by atoms with van der Waals surface area (Å²) in [5.74, 6) is 0.0919. The van der Waals surface area contributed by atoms with Crippen LogP contribution in [0.2, 0.25) is 0 Å². The molecule has 23 heavy (non-hydrogen) atoms. The number of nitrogens with zero attached hydrogens (tertiary/aromatic N) is 3. The topological polar surface area (TPSA) is 48.5 Å². The Morgan fingerprint density at radius 3 is 2.83 bits per heavy atom. The highest BCUT2D eigenvalue weighted by Crippen LogP contribution is 2.18. The molecule has 122 valence electrons. The molecule has 3 rings (SSSR count). The summed E-state index contributed by atoms with van der Waals surface area (Å²) >= 11 is 1.67. The summed E-state index contributed by atoms with van der Waals surface area (Å²) in [4.78, 5) is 20.9. The monoisotopic (exact) mass is 330 g/mol. The van der Waals surface area contributed by atoms with Crippen LogP contribution < -0.4 is 10.2 Å². The average molecular weight is 330 g/mol. The molecular weight excluding hydrogens is 308 g/mol. The number of nitrogens with one attached hydrogen (secondary N) is 1. The number of rotatable bonds is 5. The molecule has 0 unspecified atom stereocenters. The van der Waals surface area contributed by atoms with Crippen molar-refractivity contribution in [2.24, 2.45) is 0 Å². The van der Waals surface area contributed by atoms with Gasteiger partial charge in [-0.05, 0) is 12.5 Å². The summed E-state index contributed by atoms with van der Waals surface area (Å²) in [6, 6.07) is 8.23. The number of hydrogen-bond acceptors (Lipinski definition) is 5. The summed E-state index contributed by atoms with van der Waals surface area (Å²) < 4.78 is 0. The Balaban J connectivity index is 1.41. The van der Waals surface area contributed by atoms with Crippen molar-refractivity contribution in [1.29, 1.82) is 0 Å². The van der Waals surface area contributed by atoms with Crippen molar-refractivity contribution in [3.05, 3.63) is 47.0 Å². The Morgan fingerprint density at radius 1 is 1.30 bits per heavy atom. The molecule has 1 aromatic carbocycles. The fourth-order valence-electron chi connectivity index (χ4n) is 2.75. The summed E-state index contributed by atoms with van der Waals surface area (Å²) in [5.41, 5.74) is 2.36.